The number of aryl methyl sites for hydroxylation is 1. The molecule has 0 aliphatic carbocycles. The summed E-state index contributed by atoms with van der Waals surface area (Å²) < 4.78 is 4.95. The van der Waals surface area contributed by atoms with Crippen LogP contribution < -0.4 is 15.5 Å². The van der Waals surface area contributed by atoms with Crippen molar-refractivity contribution in [1.29, 1.82) is 0 Å². The van der Waals surface area contributed by atoms with Gasteiger partial charge in [-0.15, -0.1) is 0 Å². The predicted molar refractivity (Wildman–Crippen MR) is 151 cm³/mol. The minimum atomic E-state index is -0.690. The fourth-order valence-electron chi connectivity index (χ4n) is 4.00. The fourth-order valence-corrected chi connectivity index (χ4v) is 4.21. The minimum Gasteiger partial charge on any atom is -0.462 e. The standard InChI is InChI=1S/C30H28ClN3O5/c1-3-5-6-19-7-13-23(14-8-19)33-27(35)20-9-15-22(16-10-20)32-26-25(31)28(36)34(29(26)37)24-17-11-21(12-18-24)30(38)39-4-2/h7-18,32H,3-6H2,1-2H3,(H,33,35). The van der Waals surface area contributed by atoms with Crippen molar-refractivity contribution in [3.05, 3.63) is 100 Å². The van der Waals surface area contributed by atoms with Crippen LogP contribution in [0.5, 0.6) is 0 Å². The molecule has 0 atom stereocenters. The summed E-state index contributed by atoms with van der Waals surface area (Å²) in [6.45, 7) is 4.08. The molecule has 0 bridgehead atoms. The highest BCUT2D eigenvalue weighted by Crippen LogP contribution is 2.30. The number of imide groups is 1. The lowest BCUT2D eigenvalue weighted by Crippen LogP contribution is -2.32. The maximum Gasteiger partial charge on any atom is 0.338 e. The van der Waals surface area contributed by atoms with Crippen molar-refractivity contribution in [2.75, 3.05) is 22.1 Å². The molecule has 1 heterocycles. The van der Waals surface area contributed by atoms with Crippen molar-refractivity contribution >= 4 is 52.4 Å². The molecular weight excluding hydrogens is 518 g/mol. The number of benzene rings is 3. The van der Waals surface area contributed by atoms with Crippen molar-refractivity contribution in [2.45, 2.75) is 33.1 Å². The van der Waals surface area contributed by atoms with Gasteiger partial charge in [0.1, 0.15) is 10.7 Å². The third kappa shape index (κ3) is 6.35. The molecule has 1 aliphatic rings. The molecule has 3 amide bonds. The number of hydrogen-bond donors (Lipinski definition) is 2. The van der Waals surface area contributed by atoms with Gasteiger partial charge in [-0.1, -0.05) is 37.1 Å². The number of nitrogens with zero attached hydrogens (tertiary/aromatic N) is 1. The van der Waals surface area contributed by atoms with Crippen LogP contribution in [0.2, 0.25) is 0 Å². The lowest BCUT2D eigenvalue weighted by atomic mass is 10.1. The van der Waals surface area contributed by atoms with E-state index in [0.29, 0.717) is 22.5 Å². The molecule has 3 aromatic carbocycles. The Morgan fingerprint density at radius 2 is 1.44 bits per heavy atom. The molecule has 0 aromatic heterocycles. The molecule has 4 rings (SSSR count). The van der Waals surface area contributed by atoms with E-state index in [-0.39, 0.29) is 28.9 Å². The second-order valence-corrected chi connectivity index (χ2v) is 9.24. The Morgan fingerprint density at radius 3 is 2.05 bits per heavy atom. The minimum absolute atomic E-state index is 0.0866. The van der Waals surface area contributed by atoms with E-state index in [1.165, 1.54) is 29.8 Å². The molecule has 1 aliphatic heterocycles. The van der Waals surface area contributed by atoms with E-state index in [2.05, 4.69) is 17.6 Å². The van der Waals surface area contributed by atoms with Crippen molar-refractivity contribution in [3.8, 4) is 0 Å². The summed E-state index contributed by atoms with van der Waals surface area (Å²) in [5, 5.41) is 5.49. The highest BCUT2D eigenvalue weighted by molar-refractivity contribution is 6.53. The van der Waals surface area contributed by atoms with Crippen LogP contribution in [0.15, 0.2) is 83.5 Å². The predicted octanol–water partition coefficient (Wildman–Crippen LogP) is 5.89. The molecule has 0 fully saturated rings. The summed E-state index contributed by atoms with van der Waals surface area (Å²) in [6.07, 6.45) is 3.26. The highest BCUT2D eigenvalue weighted by Gasteiger charge is 2.39. The van der Waals surface area contributed by atoms with Crippen molar-refractivity contribution in [1.82, 2.24) is 0 Å². The Labute approximate surface area is 231 Å². The van der Waals surface area contributed by atoms with Crippen LogP contribution in [0.1, 0.15) is 53.0 Å². The molecule has 0 radical (unpaired) electrons. The second kappa shape index (κ2) is 12.4. The number of halogens is 1. The summed E-state index contributed by atoms with van der Waals surface area (Å²) in [5.41, 5.74) is 3.30. The van der Waals surface area contributed by atoms with Gasteiger partial charge in [-0.05, 0) is 86.0 Å². The van der Waals surface area contributed by atoms with Crippen LogP contribution >= 0.6 is 11.6 Å². The van der Waals surface area contributed by atoms with E-state index in [1.54, 1.807) is 31.2 Å². The number of nitrogens with one attached hydrogen (secondary N) is 2. The summed E-state index contributed by atoms with van der Waals surface area (Å²) in [5.74, 6) is -2.11. The molecule has 0 saturated heterocycles. The zero-order valence-electron chi connectivity index (χ0n) is 21.6. The van der Waals surface area contributed by atoms with Gasteiger partial charge in [-0.2, -0.15) is 0 Å². The molecule has 2 N–H and O–H groups in total. The SMILES string of the molecule is CCCCc1ccc(NC(=O)c2ccc(NC3=C(Cl)C(=O)N(c4ccc(C(=O)OCC)cc4)C3=O)cc2)cc1. The number of carbonyl (C=O) groups excluding carboxylic acids is 4. The number of carbonyl (C=O) groups is 4. The molecule has 9 heteroatoms. The third-order valence-electron chi connectivity index (χ3n) is 6.11. The zero-order chi connectivity index (χ0) is 27.9. The van der Waals surface area contributed by atoms with Crippen molar-refractivity contribution in [2.24, 2.45) is 0 Å². The van der Waals surface area contributed by atoms with Crippen molar-refractivity contribution in [3.63, 3.8) is 0 Å². The summed E-state index contributed by atoms with van der Waals surface area (Å²) in [6, 6.07) is 20.1. The number of ether oxygens (including phenoxy) is 1. The number of esters is 1. The number of anilines is 3. The Bertz CT molecular complexity index is 1410. The number of amides is 3. The topological polar surface area (TPSA) is 105 Å². The van der Waals surface area contributed by atoms with Crippen LogP contribution in [0.4, 0.5) is 17.1 Å². The van der Waals surface area contributed by atoms with Gasteiger partial charge in [0.25, 0.3) is 17.7 Å². The Hall–Kier alpha value is -4.43. The van der Waals surface area contributed by atoms with Crippen LogP contribution in [0.25, 0.3) is 0 Å². The van der Waals surface area contributed by atoms with Gasteiger partial charge in [0.05, 0.1) is 17.9 Å². The number of rotatable bonds is 10. The van der Waals surface area contributed by atoms with Gasteiger partial charge >= 0.3 is 5.97 Å². The Balaban J connectivity index is 1.40. The number of hydrogen-bond acceptors (Lipinski definition) is 6. The summed E-state index contributed by atoms with van der Waals surface area (Å²) >= 11 is 6.22. The average molecular weight is 546 g/mol. The number of unbranched alkanes of at least 4 members (excludes halogenated alkanes) is 1. The van der Waals surface area contributed by atoms with Crippen LogP contribution in [0, 0.1) is 0 Å². The lowest BCUT2D eigenvalue weighted by Gasteiger charge is -2.15. The maximum absolute atomic E-state index is 13.1. The summed E-state index contributed by atoms with van der Waals surface area (Å²) in [4.78, 5) is 51.3. The smallest absolute Gasteiger partial charge is 0.338 e. The van der Waals surface area contributed by atoms with Gasteiger partial charge in [0.2, 0.25) is 0 Å². The van der Waals surface area contributed by atoms with Gasteiger partial charge < -0.3 is 15.4 Å². The first kappa shape index (κ1) is 27.6. The van der Waals surface area contributed by atoms with Crippen LogP contribution in [-0.2, 0) is 20.7 Å². The molecule has 3 aromatic rings. The van der Waals surface area contributed by atoms with Crippen molar-refractivity contribution < 1.29 is 23.9 Å². The second-order valence-electron chi connectivity index (χ2n) is 8.86. The molecule has 8 nitrogen and oxygen atoms in total. The average Bonchev–Trinajstić information content (AvgIpc) is 3.16. The summed E-state index contributed by atoms with van der Waals surface area (Å²) in [7, 11) is 0. The first-order valence-corrected chi connectivity index (χ1v) is 13.0. The molecule has 0 saturated carbocycles. The van der Waals surface area contributed by atoms with Gasteiger partial charge in [0, 0.05) is 16.9 Å². The van der Waals surface area contributed by atoms with Crippen LogP contribution in [0.3, 0.4) is 0 Å². The largest absolute Gasteiger partial charge is 0.462 e. The van der Waals surface area contributed by atoms with Gasteiger partial charge in [-0.25, -0.2) is 9.69 Å². The van der Waals surface area contributed by atoms with E-state index in [0.717, 1.165) is 24.2 Å². The maximum atomic E-state index is 13.1. The molecule has 200 valence electrons. The van der Waals surface area contributed by atoms with E-state index in [9.17, 15) is 19.2 Å². The van der Waals surface area contributed by atoms with E-state index in [1.807, 2.05) is 24.3 Å². The first-order valence-electron chi connectivity index (χ1n) is 12.7. The van der Waals surface area contributed by atoms with E-state index in [4.69, 9.17) is 16.3 Å². The molecule has 0 unspecified atom stereocenters. The lowest BCUT2D eigenvalue weighted by molar-refractivity contribution is -0.120. The highest BCUT2D eigenvalue weighted by atomic mass is 35.5. The molecule has 39 heavy (non-hydrogen) atoms. The fraction of sp³-hybridized carbons (Fsp3) is 0.200. The molecular formula is C30H28ClN3O5. The normalized spacial score (nSPS) is 13.1. The van der Waals surface area contributed by atoms with Gasteiger partial charge in [-0.3, -0.25) is 14.4 Å². The first-order chi connectivity index (χ1) is 18.8. The third-order valence-corrected chi connectivity index (χ3v) is 6.46. The quantitative estimate of drug-likeness (QED) is 0.243. The Kier molecular flexibility index (Phi) is 8.78. The van der Waals surface area contributed by atoms with Gasteiger partial charge in [0.15, 0.2) is 0 Å². The van der Waals surface area contributed by atoms with E-state index >= 15 is 0 Å². The van der Waals surface area contributed by atoms with E-state index < -0.39 is 17.8 Å². The zero-order valence-corrected chi connectivity index (χ0v) is 22.4. The molecule has 0 spiro atoms. The Morgan fingerprint density at radius 1 is 0.821 bits per heavy atom. The van der Waals surface area contributed by atoms with Crippen LogP contribution in [-0.4, -0.2) is 30.3 Å². The monoisotopic (exact) mass is 545 g/mol.